The van der Waals surface area contributed by atoms with Gasteiger partial charge in [-0.15, -0.1) is 5.10 Å². The van der Waals surface area contributed by atoms with Gasteiger partial charge in [0.1, 0.15) is 5.82 Å². The van der Waals surface area contributed by atoms with E-state index in [-0.39, 0.29) is 11.9 Å². The third-order valence-electron chi connectivity index (χ3n) is 4.19. The predicted molar refractivity (Wildman–Crippen MR) is 86.6 cm³/mol. The Bertz CT molecular complexity index is 724. The Hall–Kier alpha value is -1.90. The van der Waals surface area contributed by atoms with Crippen molar-refractivity contribution in [1.82, 2.24) is 19.6 Å². The smallest absolute Gasteiger partial charge is 0.376 e. The molecule has 0 aliphatic carbocycles. The van der Waals surface area contributed by atoms with E-state index in [9.17, 15) is 13.2 Å². The first kappa shape index (κ1) is 17.9. The molecule has 1 aliphatic rings. The Morgan fingerprint density at radius 1 is 1.32 bits per heavy atom. The summed E-state index contributed by atoms with van der Waals surface area (Å²) in [5.74, 6) is -0.633. The summed E-state index contributed by atoms with van der Waals surface area (Å²) in [7, 11) is 0. The lowest BCUT2D eigenvalue weighted by Crippen LogP contribution is -2.37. The van der Waals surface area contributed by atoms with Crippen molar-refractivity contribution in [3.05, 3.63) is 17.6 Å². The van der Waals surface area contributed by atoms with Crippen molar-refractivity contribution in [2.75, 3.05) is 24.6 Å². The van der Waals surface area contributed by atoms with Crippen LogP contribution in [-0.4, -0.2) is 45.4 Å². The normalized spacial score (nSPS) is 18.7. The molecular formula is C16H22F3N5O. The molecule has 2 aromatic heterocycles. The molecule has 6 nitrogen and oxygen atoms in total. The van der Waals surface area contributed by atoms with Crippen LogP contribution in [0.25, 0.3) is 5.78 Å². The fourth-order valence-corrected chi connectivity index (χ4v) is 3.08. The summed E-state index contributed by atoms with van der Waals surface area (Å²) in [5, 5.41) is 3.66. The van der Waals surface area contributed by atoms with E-state index in [4.69, 9.17) is 4.74 Å². The van der Waals surface area contributed by atoms with Gasteiger partial charge >= 0.3 is 6.18 Å². The molecule has 0 saturated carbocycles. The Kier molecular flexibility index (Phi) is 5.12. The molecular weight excluding hydrogens is 335 g/mol. The number of aryl methyl sites for hydroxylation is 1. The van der Waals surface area contributed by atoms with Gasteiger partial charge in [0.25, 0.3) is 11.6 Å². The number of nitrogens with zero attached hydrogens (tertiary/aromatic N) is 5. The van der Waals surface area contributed by atoms with Crippen LogP contribution in [0.2, 0.25) is 0 Å². The number of ether oxygens (including phenoxy) is 1. The number of alkyl halides is 3. The zero-order valence-electron chi connectivity index (χ0n) is 14.4. The lowest BCUT2D eigenvalue weighted by atomic mass is 10.1. The summed E-state index contributed by atoms with van der Waals surface area (Å²) in [6.45, 7) is 5.82. The van der Waals surface area contributed by atoms with Crippen LogP contribution in [0.4, 0.5) is 19.0 Å². The van der Waals surface area contributed by atoms with Crippen molar-refractivity contribution >= 4 is 11.6 Å². The van der Waals surface area contributed by atoms with Crippen molar-refractivity contribution in [1.29, 1.82) is 0 Å². The van der Waals surface area contributed by atoms with Crippen molar-refractivity contribution in [2.45, 2.75) is 51.8 Å². The number of fused-ring (bicyclic) bond motifs is 1. The van der Waals surface area contributed by atoms with E-state index in [1.165, 1.54) is 4.52 Å². The average molecular weight is 357 g/mol. The molecule has 3 heterocycles. The number of rotatable bonds is 5. The van der Waals surface area contributed by atoms with Gasteiger partial charge in [-0.2, -0.15) is 22.7 Å². The first-order valence-electron chi connectivity index (χ1n) is 8.56. The number of aromatic nitrogens is 4. The summed E-state index contributed by atoms with van der Waals surface area (Å²) in [5.41, 5.74) is 0.606. The second-order valence-electron chi connectivity index (χ2n) is 6.34. The molecule has 1 fully saturated rings. The molecule has 0 amide bonds. The molecule has 1 unspecified atom stereocenters. The highest BCUT2D eigenvalue weighted by Gasteiger charge is 2.37. The summed E-state index contributed by atoms with van der Waals surface area (Å²) in [6, 6.07) is 1.75. The van der Waals surface area contributed by atoms with Gasteiger partial charge in [0.15, 0.2) is 0 Å². The Morgan fingerprint density at radius 3 is 2.76 bits per heavy atom. The fourth-order valence-electron chi connectivity index (χ4n) is 3.08. The van der Waals surface area contributed by atoms with E-state index in [1.807, 2.05) is 11.8 Å². The number of halogens is 3. The lowest BCUT2D eigenvalue weighted by Gasteiger charge is -2.31. The summed E-state index contributed by atoms with van der Waals surface area (Å²) in [4.78, 5) is 9.66. The van der Waals surface area contributed by atoms with Crippen LogP contribution in [0.15, 0.2) is 6.07 Å². The minimum absolute atomic E-state index is 0.0343. The zero-order chi connectivity index (χ0) is 18.0. The van der Waals surface area contributed by atoms with E-state index in [1.54, 1.807) is 13.0 Å². The SMILES string of the molecule is CCCN(CC1CCCCO1)c1cc(C)nc2nc(C(F)(F)F)nn12. The van der Waals surface area contributed by atoms with Crippen LogP contribution in [0, 0.1) is 6.92 Å². The molecule has 0 spiro atoms. The molecule has 0 bridgehead atoms. The van der Waals surface area contributed by atoms with Gasteiger partial charge in [-0.1, -0.05) is 6.92 Å². The van der Waals surface area contributed by atoms with E-state index in [0.29, 0.717) is 24.6 Å². The van der Waals surface area contributed by atoms with Crippen LogP contribution in [-0.2, 0) is 10.9 Å². The Morgan fingerprint density at radius 2 is 2.12 bits per heavy atom. The monoisotopic (exact) mass is 357 g/mol. The number of hydrogen-bond donors (Lipinski definition) is 0. The Balaban J connectivity index is 1.98. The highest BCUT2D eigenvalue weighted by Crippen LogP contribution is 2.28. The molecule has 0 radical (unpaired) electrons. The standard InChI is InChI=1S/C16H22F3N5O/c1-3-7-23(10-12-6-4-5-8-25-12)13-9-11(2)20-15-21-14(16(17,18)19)22-24(13)15/h9,12H,3-8,10H2,1-2H3. The van der Waals surface area contributed by atoms with Gasteiger partial charge in [-0.3, -0.25) is 0 Å². The van der Waals surface area contributed by atoms with E-state index < -0.39 is 12.0 Å². The van der Waals surface area contributed by atoms with Gasteiger partial charge in [-0.25, -0.2) is 4.98 Å². The van der Waals surface area contributed by atoms with Crippen molar-refractivity contribution < 1.29 is 17.9 Å². The third-order valence-corrected chi connectivity index (χ3v) is 4.19. The van der Waals surface area contributed by atoms with Gasteiger partial charge in [0.05, 0.1) is 6.10 Å². The van der Waals surface area contributed by atoms with Crippen molar-refractivity contribution in [3.63, 3.8) is 0 Å². The van der Waals surface area contributed by atoms with Crippen LogP contribution in [0.1, 0.15) is 44.1 Å². The summed E-state index contributed by atoms with van der Waals surface area (Å²) < 4.78 is 45.9. The molecule has 25 heavy (non-hydrogen) atoms. The average Bonchev–Trinajstić information content (AvgIpc) is 2.99. The fraction of sp³-hybridized carbons (Fsp3) is 0.688. The summed E-state index contributed by atoms with van der Waals surface area (Å²) in [6.07, 6.45) is -0.539. The second kappa shape index (κ2) is 7.15. The molecule has 138 valence electrons. The predicted octanol–water partition coefficient (Wildman–Crippen LogP) is 3.24. The zero-order valence-corrected chi connectivity index (χ0v) is 14.4. The molecule has 0 aromatic carbocycles. The van der Waals surface area contributed by atoms with Crippen molar-refractivity contribution in [3.8, 4) is 0 Å². The third kappa shape index (κ3) is 4.02. The molecule has 1 aliphatic heterocycles. The van der Waals surface area contributed by atoms with E-state index in [0.717, 1.165) is 32.3 Å². The molecule has 1 atom stereocenters. The first-order chi connectivity index (χ1) is 11.9. The number of anilines is 1. The highest BCUT2D eigenvalue weighted by atomic mass is 19.4. The minimum Gasteiger partial charge on any atom is -0.376 e. The quantitative estimate of drug-likeness (QED) is 0.822. The van der Waals surface area contributed by atoms with Gasteiger partial charge in [0.2, 0.25) is 0 Å². The van der Waals surface area contributed by atoms with Gasteiger partial charge < -0.3 is 9.64 Å². The maximum Gasteiger partial charge on any atom is 0.453 e. The molecule has 0 N–H and O–H groups in total. The topological polar surface area (TPSA) is 55.5 Å². The van der Waals surface area contributed by atoms with Crippen LogP contribution in [0.3, 0.4) is 0 Å². The molecule has 3 rings (SSSR count). The molecule has 1 saturated heterocycles. The molecule has 2 aromatic rings. The highest BCUT2D eigenvalue weighted by molar-refractivity contribution is 5.48. The van der Waals surface area contributed by atoms with Crippen LogP contribution in [0.5, 0.6) is 0 Å². The van der Waals surface area contributed by atoms with Gasteiger partial charge in [-0.05, 0) is 32.6 Å². The van der Waals surface area contributed by atoms with E-state index in [2.05, 4.69) is 15.1 Å². The largest absolute Gasteiger partial charge is 0.453 e. The van der Waals surface area contributed by atoms with Crippen LogP contribution < -0.4 is 4.90 Å². The van der Waals surface area contributed by atoms with E-state index >= 15 is 0 Å². The van der Waals surface area contributed by atoms with Crippen molar-refractivity contribution in [2.24, 2.45) is 0 Å². The minimum atomic E-state index is -4.60. The lowest BCUT2D eigenvalue weighted by molar-refractivity contribution is -0.144. The first-order valence-corrected chi connectivity index (χ1v) is 8.56. The maximum atomic E-state index is 13.0. The maximum absolute atomic E-state index is 13.0. The van der Waals surface area contributed by atoms with Gasteiger partial charge in [0, 0.05) is 31.5 Å². The van der Waals surface area contributed by atoms with Crippen LogP contribution >= 0.6 is 0 Å². The molecule has 9 heteroatoms. The Labute approximate surface area is 144 Å². The second-order valence-corrected chi connectivity index (χ2v) is 6.34. The summed E-state index contributed by atoms with van der Waals surface area (Å²) >= 11 is 0. The number of hydrogen-bond acceptors (Lipinski definition) is 5.